The van der Waals surface area contributed by atoms with Crippen molar-refractivity contribution in [1.29, 1.82) is 0 Å². The molecule has 2 aromatic carbocycles. The van der Waals surface area contributed by atoms with Gasteiger partial charge in [-0.1, -0.05) is 17.7 Å². The van der Waals surface area contributed by atoms with E-state index in [4.69, 9.17) is 16.3 Å². The van der Waals surface area contributed by atoms with Gasteiger partial charge in [-0.05, 0) is 87.7 Å². The Kier molecular flexibility index (Phi) is 10.8. The van der Waals surface area contributed by atoms with Gasteiger partial charge in [-0.2, -0.15) is 0 Å². The molecular formula is C28H41ClN4O3S. The van der Waals surface area contributed by atoms with E-state index >= 15 is 0 Å². The lowest BCUT2D eigenvalue weighted by Gasteiger charge is -2.34. The van der Waals surface area contributed by atoms with Crippen LogP contribution >= 0.6 is 11.6 Å². The molecule has 37 heavy (non-hydrogen) atoms. The molecule has 0 aromatic heterocycles. The van der Waals surface area contributed by atoms with Crippen LogP contribution in [0.3, 0.4) is 0 Å². The Morgan fingerprint density at radius 1 is 1.14 bits per heavy atom. The van der Waals surface area contributed by atoms with E-state index in [0.717, 1.165) is 65.0 Å². The smallest absolute Gasteiger partial charge is 0.221 e. The summed E-state index contributed by atoms with van der Waals surface area (Å²) < 4.78 is 20.1. The van der Waals surface area contributed by atoms with Gasteiger partial charge in [0.2, 0.25) is 5.91 Å². The van der Waals surface area contributed by atoms with Crippen molar-refractivity contribution in [3.8, 4) is 5.75 Å². The van der Waals surface area contributed by atoms with Crippen molar-refractivity contribution >= 4 is 34.2 Å². The average molecular weight is 549 g/mol. The second kappa shape index (κ2) is 13.6. The summed E-state index contributed by atoms with van der Waals surface area (Å²) in [7, 11) is 6.18. The molecule has 1 atom stereocenters. The molecule has 204 valence electrons. The van der Waals surface area contributed by atoms with Crippen LogP contribution in [-0.2, 0) is 22.3 Å². The molecular weight excluding hydrogens is 508 g/mol. The lowest BCUT2D eigenvalue weighted by molar-refractivity contribution is -0.121. The van der Waals surface area contributed by atoms with Gasteiger partial charge in [0.15, 0.2) is 0 Å². The summed E-state index contributed by atoms with van der Waals surface area (Å²) in [6, 6.07) is 10.1. The van der Waals surface area contributed by atoms with E-state index in [9.17, 15) is 9.00 Å². The van der Waals surface area contributed by atoms with E-state index in [1.54, 1.807) is 18.5 Å². The number of hydrogen-bond acceptors (Lipinski definition) is 5. The van der Waals surface area contributed by atoms with Gasteiger partial charge in [0.05, 0.1) is 22.7 Å². The molecule has 1 fully saturated rings. The largest absolute Gasteiger partial charge is 0.497 e. The topological polar surface area (TPSA) is 65.1 Å². The number of anilines is 1. The molecule has 9 heteroatoms. The predicted octanol–water partition coefficient (Wildman–Crippen LogP) is 4.40. The lowest BCUT2D eigenvalue weighted by atomic mass is 9.96. The molecule has 0 aliphatic carbocycles. The van der Waals surface area contributed by atoms with Crippen LogP contribution in [0, 0.1) is 19.8 Å². The van der Waals surface area contributed by atoms with E-state index in [2.05, 4.69) is 47.4 Å². The number of nitrogens with zero attached hydrogens (tertiary/aromatic N) is 3. The summed E-state index contributed by atoms with van der Waals surface area (Å²) in [5, 5.41) is 3.88. The van der Waals surface area contributed by atoms with E-state index in [-0.39, 0.29) is 5.91 Å². The highest BCUT2D eigenvalue weighted by atomic mass is 35.5. The minimum Gasteiger partial charge on any atom is -0.497 e. The molecule has 1 aliphatic rings. The first-order chi connectivity index (χ1) is 17.6. The summed E-state index contributed by atoms with van der Waals surface area (Å²) in [5.41, 5.74) is 4.14. The Hall–Kier alpha value is -2.13. The highest BCUT2D eigenvalue weighted by Crippen LogP contribution is 2.31. The van der Waals surface area contributed by atoms with Gasteiger partial charge < -0.3 is 19.9 Å². The zero-order valence-corrected chi connectivity index (χ0v) is 24.5. The maximum absolute atomic E-state index is 13.1. The third kappa shape index (κ3) is 8.18. The highest BCUT2D eigenvalue weighted by molar-refractivity contribution is 7.82. The molecule has 0 saturated carbocycles. The predicted molar refractivity (Wildman–Crippen MR) is 153 cm³/mol. The summed E-state index contributed by atoms with van der Waals surface area (Å²) in [6.45, 7) is 7.68. The number of piperidine rings is 1. The molecule has 7 nitrogen and oxygen atoms in total. The van der Waals surface area contributed by atoms with Crippen LogP contribution in [0.2, 0.25) is 5.02 Å². The van der Waals surface area contributed by atoms with Gasteiger partial charge in [0.1, 0.15) is 16.7 Å². The summed E-state index contributed by atoms with van der Waals surface area (Å²) in [4.78, 5) is 17.8. The average Bonchev–Trinajstić information content (AvgIpc) is 2.85. The van der Waals surface area contributed by atoms with Crippen LogP contribution in [0.1, 0.15) is 36.0 Å². The normalized spacial score (nSPS) is 15.3. The van der Waals surface area contributed by atoms with E-state index in [0.29, 0.717) is 25.4 Å². The number of nitrogens with one attached hydrogen (secondary N) is 1. The molecule has 1 amide bonds. The zero-order valence-electron chi connectivity index (χ0n) is 23.0. The van der Waals surface area contributed by atoms with Crippen LogP contribution in [-0.4, -0.2) is 73.8 Å². The second-order valence-electron chi connectivity index (χ2n) is 10.2. The maximum Gasteiger partial charge on any atom is 0.221 e. The number of carbonyl (C=O) groups excluding carboxylic acids is 1. The summed E-state index contributed by atoms with van der Waals surface area (Å²) >= 11 is 6.59. The number of benzene rings is 2. The molecule has 3 rings (SSSR count). The van der Waals surface area contributed by atoms with Crippen molar-refractivity contribution in [3.63, 3.8) is 0 Å². The van der Waals surface area contributed by atoms with Gasteiger partial charge in [-0.25, -0.2) is 8.51 Å². The van der Waals surface area contributed by atoms with Crippen LogP contribution in [0.4, 0.5) is 5.69 Å². The monoisotopic (exact) mass is 548 g/mol. The first kappa shape index (κ1) is 29.4. The highest BCUT2D eigenvalue weighted by Gasteiger charge is 2.22. The van der Waals surface area contributed by atoms with Crippen LogP contribution in [0.5, 0.6) is 5.75 Å². The molecule has 1 N–H and O–H groups in total. The second-order valence-corrected chi connectivity index (χ2v) is 12.1. The molecule has 0 radical (unpaired) electrons. The fourth-order valence-electron chi connectivity index (χ4n) is 4.80. The number of carbonyl (C=O) groups is 1. The number of hydrogen-bond donors (Lipinski definition) is 1. The van der Waals surface area contributed by atoms with E-state index < -0.39 is 11.0 Å². The first-order valence-corrected chi connectivity index (χ1v) is 14.3. The Morgan fingerprint density at radius 2 is 1.78 bits per heavy atom. The van der Waals surface area contributed by atoms with Crippen molar-refractivity contribution < 1.29 is 13.7 Å². The van der Waals surface area contributed by atoms with Crippen molar-refractivity contribution in [3.05, 3.63) is 52.0 Å². The zero-order chi connectivity index (χ0) is 27.1. The van der Waals surface area contributed by atoms with Crippen molar-refractivity contribution in [2.45, 2.75) is 44.6 Å². The fraction of sp³-hybridized carbons (Fsp3) is 0.536. The molecule has 1 saturated heterocycles. The van der Waals surface area contributed by atoms with Gasteiger partial charge in [0.25, 0.3) is 0 Å². The standard InChI is InChI=1S/C28H41ClN4O3S/c1-20-15-24(36-6)16-21(2)28(20)37(35)32(5)12-11-27(34)30-18-22-9-13-33(14-10-22)26-8-7-23(17-25(26)29)19-31(3)4/h7-8,15-17,22H,9-14,18-19H2,1-6H3,(H,30,34). The number of rotatable bonds is 11. The third-order valence-corrected chi connectivity index (χ3v) is 8.88. The molecule has 0 spiro atoms. The van der Waals surface area contributed by atoms with Crippen molar-refractivity contribution in [1.82, 2.24) is 14.5 Å². The number of halogens is 1. The molecule has 1 aliphatic heterocycles. The molecule has 1 heterocycles. The molecule has 0 bridgehead atoms. The van der Waals surface area contributed by atoms with Crippen molar-refractivity contribution in [2.24, 2.45) is 5.92 Å². The van der Waals surface area contributed by atoms with Gasteiger partial charge in [-0.15, -0.1) is 0 Å². The third-order valence-electron chi connectivity index (χ3n) is 6.84. The summed E-state index contributed by atoms with van der Waals surface area (Å²) in [5.74, 6) is 1.20. The van der Waals surface area contributed by atoms with Gasteiger partial charge in [0, 0.05) is 46.2 Å². The number of methoxy groups -OCH3 is 1. The minimum atomic E-state index is -1.34. The maximum atomic E-state index is 13.1. The molecule has 1 unspecified atom stereocenters. The quantitative estimate of drug-likeness (QED) is 0.451. The van der Waals surface area contributed by atoms with Crippen LogP contribution in [0.15, 0.2) is 35.2 Å². The molecule has 2 aromatic rings. The fourth-order valence-corrected chi connectivity index (χ4v) is 6.36. The first-order valence-electron chi connectivity index (χ1n) is 12.8. The number of amides is 1. The van der Waals surface area contributed by atoms with E-state index in [1.165, 1.54) is 5.56 Å². The van der Waals surface area contributed by atoms with Gasteiger partial charge >= 0.3 is 0 Å². The van der Waals surface area contributed by atoms with E-state index in [1.807, 2.05) is 26.0 Å². The van der Waals surface area contributed by atoms with Crippen LogP contribution in [0.25, 0.3) is 0 Å². The Balaban J connectivity index is 1.42. The minimum absolute atomic E-state index is 0.00557. The Morgan fingerprint density at radius 3 is 2.35 bits per heavy atom. The van der Waals surface area contributed by atoms with Crippen LogP contribution < -0.4 is 15.0 Å². The SMILES string of the molecule is COc1cc(C)c(S(=O)N(C)CCC(=O)NCC2CCN(c3ccc(CN(C)C)cc3Cl)CC2)c(C)c1. The Labute approximate surface area is 229 Å². The van der Waals surface area contributed by atoms with Gasteiger partial charge in [-0.3, -0.25) is 4.79 Å². The number of ether oxygens (including phenoxy) is 1. The Bertz CT molecular complexity index is 1080. The lowest BCUT2D eigenvalue weighted by Crippen LogP contribution is -2.39. The number of aryl methyl sites for hydroxylation is 2. The van der Waals surface area contributed by atoms with Crippen molar-refractivity contribution in [2.75, 3.05) is 59.3 Å². The summed E-state index contributed by atoms with van der Waals surface area (Å²) in [6.07, 6.45) is 2.33.